The largest absolute Gasteiger partial charge is 0.302 e. The Labute approximate surface area is 170 Å². The summed E-state index contributed by atoms with van der Waals surface area (Å²) in [5.74, 6) is 1.02. The van der Waals surface area contributed by atoms with Crippen LogP contribution >= 0.6 is 11.8 Å². The maximum absolute atomic E-state index is 13.0. The minimum Gasteiger partial charge on any atom is -0.302 e. The van der Waals surface area contributed by atoms with Crippen LogP contribution in [0.1, 0.15) is 47.3 Å². The van der Waals surface area contributed by atoms with Crippen molar-refractivity contribution in [1.82, 2.24) is 14.8 Å². The van der Waals surface area contributed by atoms with E-state index in [2.05, 4.69) is 52.9 Å². The molecule has 0 aliphatic heterocycles. The second-order valence-electron chi connectivity index (χ2n) is 7.33. The molecule has 0 unspecified atom stereocenters. The van der Waals surface area contributed by atoms with E-state index in [1.807, 2.05) is 25.1 Å². The van der Waals surface area contributed by atoms with E-state index in [0.717, 1.165) is 41.5 Å². The third-order valence-electron chi connectivity index (χ3n) is 5.45. The quantitative estimate of drug-likeness (QED) is 0.432. The Balaban J connectivity index is 1.57. The van der Waals surface area contributed by atoms with Crippen molar-refractivity contribution in [2.45, 2.75) is 57.0 Å². The van der Waals surface area contributed by atoms with Crippen molar-refractivity contribution in [3.05, 3.63) is 64.7 Å². The lowest BCUT2D eigenvalue weighted by Crippen LogP contribution is -2.15. The highest BCUT2D eigenvalue weighted by Gasteiger charge is 2.23. The van der Waals surface area contributed by atoms with Crippen LogP contribution in [0, 0.1) is 6.92 Å². The molecule has 1 heterocycles. The van der Waals surface area contributed by atoms with Crippen LogP contribution in [0.4, 0.5) is 0 Å². The number of aryl methyl sites for hydroxylation is 3. The van der Waals surface area contributed by atoms with Crippen LogP contribution in [0.5, 0.6) is 0 Å². The van der Waals surface area contributed by atoms with Gasteiger partial charge >= 0.3 is 0 Å². The van der Waals surface area contributed by atoms with Crippen molar-refractivity contribution in [3.63, 3.8) is 0 Å². The number of carbonyl (C=O) groups is 1. The fraction of sp³-hybridized carbons (Fsp3) is 0.348. The fourth-order valence-electron chi connectivity index (χ4n) is 3.86. The molecule has 0 saturated heterocycles. The van der Waals surface area contributed by atoms with Gasteiger partial charge in [0.15, 0.2) is 16.8 Å². The Morgan fingerprint density at radius 3 is 2.71 bits per heavy atom. The van der Waals surface area contributed by atoms with Gasteiger partial charge in [-0.1, -0.05) is 48.2 Å². The molecule has 5 heteroatoms. The van der Waals surface area contributed by atoms with Gasteiger partial charge in [-0.3, -0.25) is 4.79 Å². The Morgan fingerprint density at radius 2 is 1.93 bits per heavy atom. The highest BCUT2D eigenvalue weighted by atomic mass is 32.2. The average Bonchev–Trinajstić information content (AvgIpc) is 3.33. The van der Waals surface area contributed by atoms with E-state index in [4.69, 9.17) is 0 Å². The molecule has 0 radical (unpaired) electrons. The number of hydrogen-bond acceptors (Lipinski definition) is 4. The number of carbonyl (C=O) groups excluding carboxylic acids is 1. The molecule has 4 nitrogen and oxygen atoms in total. The lowest BCUT2D eigenvalue weighted by Gasteiger charge is -2.13. The number of hydrogen-bond donors (Lipinski definition) is 0. The van der Waals surface area contributed by atoms with Gasteiger partial charge in [0, 0.05) is 17.7 Å². The number of rotatable bonds is 6. The molecule has 0 amide bonds. The summed E-state index contributed by atoms with van der Waals surface area (Å²) in [5.41, 5.74) is 5.79. The van der Waals surface area contributed by atoms with Crippen molar-refractivity contribution in [2.75, 3.05) is 0 Å². The summed E-state index contributed by atoms with van der Waals surface area (Å²) >= 11 is 1.49. The number of Topliss-reactive ketones (excluding diaryl/α,β-unsaturated/α-hetero) is 1. The van der Waals surface area contributed by atoms with Gasteiger partial charge in [-0.25, -0.2) is 0 Å². The highest BCUT2D eigenvalue weighted by Crippen LogP contribution is 2.30. The Bertz CT molecular complexity index is 1020. The second-order valence-corrected chi connectivity index (χ2v) is 8.63. The van der Waals surface area contributed by atoms with Crippen molar-refractivity contribution in [1.29, 1.82) is 0 Å². The monoisotopic (exact) mass is 391 g/mol. The molecular weight excluding hydrogens is 366 g/mol. The van der Waals surface area contributed by atoms with Crippen LogP contribution in [0.15, 0.2) is 47.6 Å². The molecule has 1 aliphatic rings. The number of nitrogens with zero attached hydrogens (tertiary/aromatic N) is 3. The number of benzene rings is 2. The minimum absolute atomic E-state index is 0.155. The van der Waals surface area contributed by atoms with Gasteiger partial charge in [0.25, 0.3) is 0 Å². The average molecular weight is 392 g/mol. The van der Waals surface area contributed by atoms with E-state index in [1.165, 1.54) is 34.9 Å². The summed E-state index contributed by atoms with van der Waals surface area (Å²) < 4.78 is 2.10. The van der Waals surface area contributed by atoms with E-state index >= 15 is 0 Å². The van der Waals surface area contributed by atoms with E-state index in [0.29, 0.717) is 0 Å². The summed E-state index contributed by atoms with van der Waals surface area (Å²) in [4.78, 5) is 13.0. The molecule has 1 aliphatic carbocycles. The summed E-state index contributed by atoms with van der Waals surface area (Å²) in [7, 11) is 0. The molecule has 144 valence electrons. The third kappa shape index (κ3) is 3.51. The van der Waals surface area contributed by atoms with Crippen LogP contribution in [0.25, 0.3) is 11.4 Å². The van der Waals surface area contributed by atoms with Crippen molar-refractivity contribution < 1.29 is 4.79 Å². The first-order chi connectivity index (χ1) is 13.6. The van der Waals surface area contributed by atoms with Crippen LogP contribution in [0.3, 0.4) is 0 Å². The van der Waals surface area contributed by atoms with Gasteiger partial charge in [-0.2, -0.15) is 0 Å². The molecule has 0 spiro atoms. The molecule has 28 heavy (non-hydrogen) atoms. The molecule has 4 rings (SSSR count). The predicted molar refractivity (Wildman–Crippen MR) is 114 cm³/mol. The van der Waals surface area contributed by atoms with Crippen LogP contribution in [0.2, 0.25) is 0 Å². The van der Waals surface area contributed by atoms with Gasteiger partial charge in [-0.15, -0.1) is 10.2 Å². The van der Waals surface area contributed by atoms with Gasteiger partial charge in [0.05, 0.1) is 5.25 Å². The first-order valence-corrected chi connectivity index (χ1v) is 10.8. The lowest BCUT2D eigenvalue weighted by atomic mass is 10.0. The van der Waals surface area contributed by atoms with Crippen molar-refractivity contribution in [3.8, 4) is 11.4 Å². The van der Waals surface area contributed by atoms with Gasteiger partial charge in [0.1, 0.15) is 0 Å². The molecule has 0 bridgehead atoms. The van der Waals surface area contributed by atoms with E-state index < -0.39 is 0 Å². The third-order valence-corrected chi connectivity index (χ3v) is 6.53. The Kier molecular flexibility index (Phi) is 5.36. The van der Waals surface area contributed by atoms with Crippen LogP contribution < -0.4 is 0 Å². The predicted octanol–water partition coefficient (Wildman–Crippen LogP) is 5.13. The number of fused-ring (bicyclic) bond motifs is 1. The molecule has 3 aromatic rings. The fourth-order valence-corrected chi connectivity index (χ4v) is 4.85. The van der Waals surface area contributed by atoms with E-state index in [1.54, 1.807) is 0 Å². The van der Waals surface area contributed by atoms with Gasteiger partial charge < -0.3 is 4.57 Å². The summed E-state index contributed by atoms with van der Waals surface area (Å²) in [6, 6.07) is 14.4. The maximum atomic E-state index is 13.0. The number of ketones is 1. The summed E-state index contributed by atoms with van der Waals surface area (Å²) in [6.45, 7) is 6.89. The summed E-state index contributed by atoms with van der Waals surface area (Å²) in [6.07, 6.45) is 3.41. The number of thioether (sulfide) groups is 1. The molecule has 2 aromatic carbocycles. The number of aromatic nitrogens is 3. The molecule has 1 atom stereocenters. The molecule has 0 fully saturated rings. The molecule has 1 aromatic heterocycles. The van der Waals surface area contributed by atoms with E-state index in [9.17, 15) is 4.79 Å². The normalized spacial score (nSPS) is 14.1. The first kappa shape index (κ1) is 18.9. The maximum Gasteiger partial charge on any atom is 0.192 e. The molecule has 0 N–H and O–H groups in total. The Hall–Kier alpha value is -2.40. The Morgan fingerprint density at radius 1 is 1.14 bits per heavy atom. The zero-order chi connectivity index (χ0) is 19.7. The van der Waals surface area contributed by atoms with Gasteiger partial charge in [-0.05, 0) is 62.8 Å². The zero-order valence-electron chi connectivity index (χ0n) is 16.6. The standard InChI is InChI=1S/C23H25N3OS/c1-4-26-22(20-11-6-5-8-15(20)2)24-25-23(26)28-16(3)21(27)19-13-12-17-9-7-10-18(17)14-19/h5-6,8,11-14,16H,4,7,9-10H2,1-3H3/t16-/m1/s1. The zero-order valence-corrected chi connectivity index (χ0v) is 17.4. The summed E-state index contributed by atoms with van der Waals surface area (Å²) in [5, 5.41) is 9.42. The minimum atomic E-state index is -0.210. The second kappa shape index (κ2) is 7.92. The van der Waals surface area contributed by atoms with Crippen molar-refractivity contribution >= 4 is 17.5 Å². The van der Waals surface area contributed by atoms with Gasteiger partial charge in [0.2, 0.25) is 0 Å². The van der Waals surface area contributed by atoms with E-state index in [-0.39, 0.29) is 11.0 Å². The first-order valence-electron chi connectivity index (χ1n) is 9.90. The van der Waals surface area contributed by atoms with Crippen LogP contribution in [-0.2, 0) is 19.4 Å². The highest BCUT2D eigenvalue weighted by molar-refractivity contribution is 8.00. The molecular formula is C23H25N3OS. The molecule has 0 saturated carbocycles. The lowest BCUT2D eigenvalue weighted by molar-refractivity contribution is 0.0993. The van der Waals surface area contributed by atoms with Crippen molar-refractivity contribution in [2.24, 2.45) is 0 Å². The topological polar surface area (TPSA) is 47.8 Å². The SMILES string of the molecule is CCn1c(S[C@H](C)C(=O)c2ccc3c(c2)CCC3)nnc1-c1ccccc1C. The van der Waals surface area contributed by atoms with Crippen LogP contribution in [-0.4, -0.2) is 25.8 Å². The smallest absolute Gasteiger partial charge is 0.192 e.